The van der Waals surface area contributed by atoms with Gasteiger partial charge in [0.05, 0.1) is 12.8 Å². The Bertz CT molecular complexity index is 683. The van der Waals surface area contributed by atoms with Gasteiger partial charge in [0.1, 0.15) is 6.61 Å². The Morgan fingerprint density at radius 2 is 2.17 bits per heavy atom. The minimum absolute atomic E-state index is 0.0187. The van der Waals surface area contributed by atoms with Gasteiger partial charge < -0.3 is 14.4 Å². The second-order valence-corrected chi connectivity index (χ2v) is 5.71. The molecule has 6 nitrogen and oxygen atoms in total. The molecule has 0 bridgehead atoms. The molecule has 6 heteroatoms. The number of carbonyl (C=O) groups excluding carboxylic acids is 1. The van der Waals surface area contributed by atoms with Crippen molar-refractivity contribution in [1.29, 1.82) is 0 Å². The minimum Gasteiger partial charge on any atom is -0.493 e. The molecular weight excluding hydrogens is 294 g/mol. The molecule has 0 unspecified atom stereocenters. The van der Waals surface area contributed by atoms with E-state index in [-0.39, 0.29) is 11.9 Å². The van der Waals surface area contributed by atoms with Gasteiger partial charge in [0.2, 0.25) is 0 Å². The number of nitrogens with one attached hydrogen (secondary N) is 1. The molecular formula is C17H21N3O3. The van der Waals surface area contributed by atoms with E-state index in [1.165, 1.54) is 0 Å². The highest BCUT2D eigenvalue weighted by atomic mass is 16.5. The van der Waals surface area contributed by atoms with Crippen molar-refractivity contribution in [1.82, 2.24) is 15.1 Å². The standard InChI is InChI=1S/C17H21N3O3/c1-12-6-5-9-20(12)17(21)14-10-13(18-19-14)11-23-16-8-4-3-7-15(16)22-2/h3-4,7-8,10,12H,5-6,9,11H2,1-2H3,(H,18,19)/t12-/m0/s1. The van der Waals surface area contributed by atoms with Crippen molar-refractivity contribution >= 4 is 5.91 Å². The molecule has 0 spiro atoms. The van der Waals surface area contributed by atoms with Crippen LogP contribution in [-0.2, 0) is 6.61 Å². The van der Waals surface area contributed by atoms with E-state index in [2.05, 4.69) is 17.1 Å². The summed E-state index contributed by atoms with van der Waals surface area (Å²) in [5, 5.41) is 6.99. The zero-order chi connectivity index (χ0) is 16.2. The summed E-state index contributed by atoms with van der Waals surface area (Å²) in [7, 11) is 1.60. The Hall–Kier alpha value is -2.50. The largest absolute Gasteiger partial charge is 0.493 e. The quantitative estimate of drug-likeness (QED) is 0.921. The maximum atomic E-state index is 12.4. The number of amides is 1. The molecule has 1 aromatic heterocycles. The highest BCUT2D eigenvalue weighted by Gasteiger charge is 2.27. The maximum Gasteiger partial charge on any atom is 0.274 e. The molecule has 0 aliphatic carbocycles. The Morgan fingerprint density at radius 1 is 1.39 bits per heavy atom. The molecule has 1 amide bonds. The first-order valence-electron chi connectivity index (χ1n) is 7.80. The van der Waals surface area contributed by atoms with Crippen LogP contribution in [0.4, 0.5) is 0 Å². The second kappa shape index (κ2) is 6.73. The summed E-state index contributed by atoms with van der Waals surface area (Å²) >= 11 is 0. The lowest BCUT2D eigenvalue weighted by atomic mass is 10.2. The average Bonchev–Trinajstić information content (AvgIpc) is 3.21. The average molecular weight is 315 g/mol. The number of likely N-dealkylation sites (tertiary alicyclic amines) is 1. The number of benzene rings is 1. The molecule has 1 saturated heterocycles. The first kappa shape index (κ1) is 15.4. The highest BCUT2D eigenvalue weighted by Crippen LogP contribution is 2.26. The number of H-pyrrole nitrogens is 1. The number of nitrogens with zero attached hydrogens (tertiary/aromatic N) is 2. The normalized spacial score (nSPS) is 17.3. The molecule has 122 valence electrons. The van der Waals surface area contributed by atoms with Crippen LogP contribution in [0.2, 0.25) is 0 Å². The van der Waals surface area contributed by atoms with E-state index in [0.29, 0.717) is 23.8 Å². The number of carbonyl (C=O) groups is 1. The number of hydrogen-bond donors (Lipinski definition) is 1. The zero-order valence-corrected chi connectivity index (χ0v) is 13.4. The van der Waals surface area contributed by atoms with Crippen molar-refractivity contribution in [2.24, 2.45) is 0 Å². The fourth-order valence-electron chi connectivity index (χ4n) is 2.82. The fourth-order valence-corrected chi connectivity index (χ4v) is 2.82. The van der Waals surface area contributed by atoms with Gasteiger partial charge in [-0.3, -0.25) is 9.89 Å². The molecule has 0 radical (unpaired) electrons. The molecule has 1 aliphatic rings. The van der Waals surface area contributed by atoms with Gasteiger partial charge >= 0.3 is 0 Å². The van der Waals surface area contributed by atoms with E-state index in [4.69, 9.17) is 9.47 Å². The third-order valence-corrected chi connectivity index (χ3v) is 4.12. The lowest BCUT2D eigenvalue weighted by Crippen LogP contribution is -2.33. The van der Waals surface area contributed by atoms with Crippen LogP contribution in [0.5, 0.6) is 11.5 Å². The monoisotopic (exact) mass is 315 g/mol. The molecule has 1 aromatic carbocycles. The number of ether oxygens (including phenoxy) is 2. The first-order chi connectivity index (χ1) is 11.2. The van der Waals surface area contributed by atoms with Crippen molar-refractivity contribution < 1.29 is 14.3 Å². The van der Waals surface area contributed by atoms with E-state index in [9.17, 15) is 4.79 Å². The first-order valence-corrected chi connectivity index (χ1v) is 7.80. The number of para-hydroxylation sites is 2. The lowest BCUT2D eigenvalue weighted by Gasteiger charge is -2.19. The third kappa shape index (κ3) is 3.31. The number of aromatic amines is 1. The van der Waals surface area contributed by atoms with E-state index in [1.807, 2.05) is 29.2 Å². The molecule has 2 aromatic rings. The number of hydrogen-bond acceptors (Lipinski definition) is 4. The molecule has 23 heavy (non-hydrogen) atoms. The Kier molecular flexibility index (Phi) is 4.50. The predicted molar refractivity (Wildman–Crippen MR) is 85.6 cm³/mol. The molecule has 3 rings (SSSR count). The summed E-state index contributed by atoms with van der Waals surface area (Å²) in [6.07, 6.45) is 2.11. The van der Waals surface area contributed by atoms with Gasteiger partial charge in [-0.25, -0.2) is 0 Å². The van der Waals surface area contributed by atoms with Crippen LogP contribution >= 0.6 is 0 Å². The summed E-state index contributed by atoms with van der Waals surface area (Å²) in [6.45, 7) is 3.18. The lowest BCUT2D eigenvalue weighted by molar-refractivity contribution is 0.0741. The van der Waals surface area contributed by atoms with Crippen molar-refractivity contribution in [2.45, 2.75) is 32.4 Å². The van der Waals surface area contributed by atoms with Gasteiger partial charge in [-0.2, -0.15) is 5.10 Å². The SMILES string of the molecule is COc1ccccc1OCc1cc(C(=O)N2CCC[C@@H]2C)n[nH]1. The summed E-state index contributed by atoms with van der Waals surface area (Å²) in [5.74, 6) is 1.31. The fraction of sp³-hybridized carbons (Fsp3) is 0.412. The Balaban J connectivity index is 1.64. The number of methoxy groups -OCH3 is 1. The van der Waals surface area contributed by atoms with Gasteiger partial charge in [-0.05, 0) is 38.0 Å². The topological polar surface area (TPSA) is 67.5 Å². The third-order valence-electron chi connectivity index (χ3n) is 4.12. The molecule has 1 N–H and O–H groups in total. The van der Waals surface area contributed by atoms with E-state index in [0.717, 1.165) is 25.1 Å². The van der Waals surface area contributed by atoms with Crippen molar-refractivity contribution in [3.63, 3.8) is 0 Å². The summed E-state index contributed by atoms with van der Waals surface area (Å²) in [4.78, 5) is 14.3. The summed E-state index contributed by atoms with van der Waals surface area (Å²) in [6, 6.07) is 9.49. The van der Waals surface area contributed by atoms with Gasteiger partial charge in [-0.15, -0.1) is 0 Å². The summed E-state index contributed by atoms with van der Waals surface area (Å²) < 4.78 is 11.0. The van der Waals surface area contributed by atoms with Gasteiger partial charge in [-0.1, -0.05) is 12.1 Å². The number of aromatic nitrogens is 2. The van der Waals surface area contributed by atoms with Crippen LogP contribution in [0.15, 0.2) is 30.3 Å². The van der Waals surface area contributed by atoms with Crippen molar-refractivity contribution in [3.05, 3.63) is 41.7 Å². The molecule has 1 fully saturated rings. The molecule has 0 saturated carbocycles. The van der Waals surface area contributed by atoms with Crippen LogP contribution in [0.25, 0.3) is 0 Å². The zero-order valence-electron chi connectivity index (χ0n) is 13.4. The van der Waals surface area contributed by atoms with Crippen LogP contribution in [-0.4, -0.2) is 40.7 Å². The van der Waals surface area contributed by atoms with Gasteiger partial charge in [0, 0.05) is 12.6 Å². The van der Waals surface area contributed by atoms with Crippen molar-refractivity contribution in [2.75, 3.05) is 13.7 Å². The van der Waals surface area contributed by atoms with Crippen molar-refractivity contribution in [3.8, 4) is 11.5 Å². The molecule has 2 heterocycles. The van der Waals surface area contributed by atoms with Crippen LogP contribution < -0.4 is 9.47 Å². The predicted octanol–water partition coefficient (Wildman–Crippen LogP) is 2.62. The smallest absolute Gasteiger partial charge is 0.274 e. The van der Waals surface area contributed by atoms with Gasteiger partial charge in [0.25, 0.3) is 5.91 Å². The minimum atomic E-state index is -0.0187. The van der Waals surface area contributed by atoms with Crippen LogP contribution in [0.3, 0.4) is 0 Å². The molecule has 1 atom stereocenters. The molecule has 1 aliphatic heterocycles. The Labute approximate surface area is 135 Å². The highest BCUT2D eigenvalue weighted by molar-refractivity contribution is 5.92. The van der Waals surface area contributed by atoms with E-state index in [1.54, 1.807) is 13.2 Å². The van der Waals surface area contributed by atoms with Crippen LogP contribution in [0.1, 0.15) is 35.9 Å². The van der Waals surface area contributed by atoms with Crippen LogP contribution in [0, 0.1) is 0 Å². The Morgan fingerprint density at radius 3 is 2.87 bits per heavy atom. The summed E-state index contributed by atoms with van der Waals surface area (Å²) in [5.41, 5.74) is 1.20. The second-order valence-electron chi connectivity index (χ2n) is 5.71. The number of rotatable bonds is 5. The van der Waals surface area contributed by atoms with E-state index < -0.39 is 0 Å². The maximum absolute atomic E-state index is 12.4. The van der Waals surface area contributed by atoms with E-state index >= 15 is 0 Å². The van der Waals surface area contributed by atoms with Gasteiger partial charge in [0.15, 0.2) is 17.2 Å².